The molecule has 0 saturated carbocycles. The second-order valence-electron chi connectivity index (χ2n) is 7.73. The molecule has 11 heteroatoms. The lowest BCUT2D eigenvalue weighted by atomic mass is 10.1. The molecule has 186 valence electrons. The Bertz CT molecular complexity index is 1440. The van der Waals surface area contributed by atoms with Gasteiger partial charge in [-0.05, 0) is 35.4 Å². The first kappa shape index (κ1) is 24.7. The van der Waals surface area contributed by atoms with E-state index >= 15 is 0 Å². The normalized spacial score (nSPS) is 17.8. The maximum absolute atomic E-state index is 13.8. The molecule has 1 unspecified atom stereocenters. The lowest BCUT2D eigenvalue weighted by molar-refractivity contribution is -0.384. The van der Waals surface area contributed by atoms with Crippen molar-refractivity contribution in [1.82, 2.24) is 0 Å². The summed E-state index contributed by atoms with van der Waals surface area (Å²) in [5.41, 5.74) is 0.473. The Morgan fingerprint density at radius 1 is 0.917 bits per heavy atom. The van der Waals surface area contributed by atoms with Gasteiger partial charge in [0.05, 0.1) is 31.9 Å². The van der Waals surface area contributed by atoms with E-state index in [0.29, 0.717) is 16.9 Å². The van der Waals surface area contributed by atoms with Crippen molar-refractivity contribution in [3.63, 3.8) is 0 Å². The zero-order chi connectivity index (χ0) is 26.0. The summed E-state index contributed by atoms with van der Waals surface area (Å²) in [4.78, 5) is 25.0. The second kappa shape index (κ2) is 9.70. The zero-order valence-electron chi connectivity index (χ0n) is 19.6. The van der Waals surface area contributed by atoms with Crippen molar-refractivity contribution in [2.45, 2.75) is 5.37 Å². The number of nitrogens with zero attached hydrogens (tertiary/aromatic N) is 2. The lowest BCUT2D eigenvalue weighted by Gasteiger charge is -2.23. The van der Waals surface area contributed by atoms with Crippen molar-refractivity contribution in [2.24, 2.45) is 0 Å². The molecule has 0 spiro atoms. The molecule has 36 heavy (non-hydrogen) atoms. The van der Waals surface area contributed by atoms with E-state index < -0.39 is 30.9 Å². The van der Waals surface area contributed by atoms with Crippen LogP contribution < -0.4 is 19.1 Å². The van der Waals surface area contributed by atoms with E-state index in [0.717, 1.165) is 4.90 Å². The Labute approximate surface area is 207 Å². The molecular formula is C25H22N2O8S. The van der Waals surface area contributed by atoms with Crippen molar-refractivity contribution in [2.75, 3.05) is 26.2 Å². The first-order chi connectivity index (χ1) is 17.2. The number of carbonyl (C=O) groups excluding carboxylic acids is 1. The largest absolute Gasteiger partial charge is 0.493 e. The monoisotopic (exact) mass is 510 g/mol. The molecule has 3 aromatic rings. The van der Waals surface area contributed by atoms with Gasteiger partial charge < -0.3 is 14.2 Å². The van der Waals surface area contributed by atoms with E-state index in [1.165, 1.54) is 63.8 Å². The number of nitro groups is 1. The molecule has 4 rings (SSSR count). The summed E-state index contributed by atoms with van der Waals surface area (Å²) in [6, 6.07) is 16.5. The number of sulfone groups is 1. The molecule has 1 aliphatic heterocycles. The van der Waals surface area contributed by atoms with E-state index in [1.54, 1.807) is 30.3 Å². The van der Waals surface area contributed by atoms with Gasteiger partial charge in [-0.25, -0.2) is 8.42 Å². The standard InChI is InChI=1S/C25H22N2O8S/c1-33-20-12-16(13-21(34-2)23(20)35-3)14-22-24(28)26(18-10-7-11-19(15-18)27(29)30)25(36(22,31)32)17-8-5-4-6-9-17/h4-15,25H,1-3H3/b22-14+. The minimum Gasteiger partial charge on any atom is -0.493 e. The maximum Gasteiger partial charge on any atom is 0.271 e. The fourth-order valence-electron chi connectivity index (χ4n) is 4.04. The molecule has 0 aliphatic carbocycles. The minimum absolute atomic E-state index is 0.0833. The highest BCUT2D eigenvalue weighted by Gasteiger charge is 2.50. The van der Waals surface area contributed by atoms with Crippen molar-refractivity contribution in [3.05, 3.63) is 92.9 Å². The van der Waals surface area contributed by atoms with Crippen LogP contribution in [0.4, 0.5) is 11.4 Å². The first-order valence-corrected chi connectivity index (χ1v) is 12.2. The van der Waals surface area contributed by atoms with Crippen molar-refractivity contribution in [3.8, 4) is 17.2 Å². The van der Waals surface area contributed by atoms with Crippen LogP contribution in [0, 0.1) is 10.1 Å². The van der Waals surface area contributed by atoms with Crippen LogP contribution in [-0.4, -0.2) is 40.6 Å². The number of anilines is 1. The lowest BCUT2D eigenvalue weighted by Crippen LogP contribution is -2.29. The van der Waals surface area contributed by atoms with Crippen LogP contribution in [0.25, 0.3) is 6.08 Å². The highest BCUT2D eigenvalue weighted by molar-refractivity contribution is 7.97. The van der Waals surface area contributed by atoms with Crippen LogP contribution in [0.3, 0.4) is 0 Å². The number of rotatable bonds is 7. The Balaban J connectivity index is 1.93. The summed E-state index contributed by atoms with van der Waals surface area (Å²) in [6.45, 7) is 0. The third-order valence-corrected chi connectivity index (χ3v) is 7.63. The number of nitro benzene ring substituents is 1. The van der Waals surface area contributed by atoms with Gasteiger partial charge in [-0.1, -0.05) is 36.4 Å². The van der Waals surface area contributed by atoms with Gasteiger partial charge in [-0.2, -0.15) is 0 Å². The van der Waals surface area contributed by atoms with Gasteiger partial charge >= 0.3 is 0 Å². The molecule has 0 bridgehead atoms. The third-order valence-electron chi connectivity index (χ3n) is 5.65. The summed E-state index contributed by atoms with van der Waals surface area (Å²) >= 11 is 0. The number of hydrogen-bond acceptors (Lipinski definition) is 8. The molecule has 1 fully saturated rings. The molecule has 0 radical (unpaired) electrons. The van der Waals surface area contributed by atoms with Gasteiger partial charge in [0.1, 0.15) is 4.91 Å². The Morgan fingerprint density at radius 2 is 1.56 bits per heavy atom. The fourth-order valence-corrected chi connectivity index (χ4v) is 5.93. The molecule has 1 atom stereocenters. The van der Waals surface area contributed by atoms with Gasteiger partial charge in [-0.3, -0.25) is 19.8 Å². The molecule has 1 aliphatic rings. The Morgan fingerprint density at radius 3 is 2.11 bits per heavy atom. The summed E-state index contributed by atoms with van der Waals surface area (Å²) < 4.78 is 43.6. The molecule has 1 heterocycles. The number of non-ortho nitro benzene ring substituents is 1. The first-order valence-electron chi connectivity index (χ1n) is 10.6. The predicted octanol–water partition coefficient (Wildman–Crippen LogP) is 4.12. The summed E-state index contributed by atoms with van der Waals surface area (Å²) in [6.07, 6.45) is 1.23. The molecule has 0 N–H and O–H groups in total. The maximum atomic E-state index is 13.8. The van der Waals surface area contributed by atoms with Crippen molar-refractivity contribution < 1.29 is 32.3 Å². The summed E-state index contributed by atoms with van der Waals surface area (Å²) in [7, 11) is 0.0122. The van der Waals surface area contributed by atoms with Crippen LogP contribution in [0.5, 0.6) is 17.2 Å². The number of amides is 1. The topological polar surface area (TPSA) is 125 Å². The number of hydrogen-bond donors (Lipinski definition) is 0. The van der Waals surface area contributed by atoms with Gasteiger partial charge in [0.15, 0.2) is 16.9 Å². The summed E-state index contributed by atoms with van der Waals surface area (Å²) in [5.74, 6) is 0.0460. The average Bonchev–Trinajstić information content (AvgIpc) is 3.08. The fraction of sp³-hybridized carbons (Fsp3) is 0.160. The third kappa shape index (κ3) is 4.24. The van der Waals surface area contributed by atoms with E-state index in [9.17, 15) is 23.3 Å². The molecule has 0 aromatic heterocycles. The number of benzene rings is 3. The minimum atomic E-state index is -4.26. The van der Waals surface area contributed by atoms with Crippen LogP contribution in [0.1, 0.15) is 16.5 Å². The molecule has 1 saturated heterocycles. The summed E-state index contributed by atoms with van der Waals surface area (Å²) in [5, 5.41) is 9.93. The molecular weight excluding hydrogens is 488 g/mol. The molecule has 1 amide bonds. The quantitative estimate of drug-likeness (QED) is 0.264. The van der Waals surface area contributed by atoms with Crippen LogP contribution >= 0.6 is 0 Å². The smallest absolute Gasteiger partial charge is 0.271 e. The van der Waals surface area contributed by atoms with E-state index in [-0.39, 0.29) is 22.9 Å². The Hall–Kier alpha value is -4.38. The molecule has 10 nitrogen and oxygen atoms in total. The molecule has 3 aromatic carbocycles. The van der Waals surface area contributed by atoms with Crippen LogP contribution in [0.2, 0.25) is 0 Å². The van der Waals surface area contributed by atoms with E-state index in [2.05, 4.69) is 0 Å². The number of ether oxygens (including phenoxy) is 3. The van der Waals surface area contributed by atoms with Crippen LogP contribution in [-0.2, 0) is 14.6 Å². The van der Waals surface area contributed by atoms with Crippen molar-refractivity contribution >= 4 is 33.2 Å². The highest BCUT2D eigenvalue weighted by Crippen LogP contribution is 2.45. The zero-order valence-corrected chi connectivity index (χ0v) is 20.4. The van der Waals surface area contributed by atoms with Gasteiger partial charge in [-0.15, -0.1) is 0 Å². The number of carbonyl (C=O) groups is 1. The van der Waals surface area contributed by atoms with Crippen LogP contribution in [0.15, 0.2) is 71.6 Å². The second-order valence-corrected chi connectivity index (χ2v) is 9.70. The SMILES string of the molecule is COc1cc(/C=C2\C(=O)N(c3cccc([N+](=O)[O-])c3)C(c3ccccc3)S2(=O)=O)cc(OC)c1OC. The Kier molecular flexibility index (Phi) is 6.67. The van der Waals surface area contributed by atoms with Crippen molar-refractivity contribution in [1.29, 1.82) is 0 Å². The van der Waals surface area contributed by atoms with E-state index in [4.69, 9.17) is 14.2 Å². The predicted molar refractivity (Wildman–Crippen MR) is 133 cm³/mol. The van der Waals surface area contributed by atoms with E-state index in [1.807, 2.05) is 0 Å². The van der Waals surface area contributed by atoms with Gasteiger partial charge in [0.25, 0.3) is 11.6 Å². The van der Waals surface area contributed by atoms with Gasteiger partial charge in [0.2, 0.25) is 15.6 Å². The van der Waals surface area contributed by atoms with Gasteiger partial charge in [0, 0.05) is 12.1 Å². The number of methoxy groups -OCH3 is 3. The highest BCUT2D eigenvalue weighted by atomic mass is 32.2. The average molecular weight is 511 g/mol.